The summed E-state index contributed by atoms with van der Waals surface area (Å²) in [6, 6.07) is 14.3. The predicted molar refractivity (Wildman–Crippen MR) is 140 cm³/mol. The number of aromatic nitrogens is 2. The lowest BCUT2D eigenvalue weighted by Crippen LogP contribution is -2.30. The summed E-state index contributed by atoms with van der Waals surface area (Å²) in [7, 11) is 1.55. The highest BCUT2D eigenvalue weighted by molar-refractivity contribution is 6.51. The fraction of sp³-hybridized carbons (Fsp3) is 0.148. The van der Waals surface area contributed by atoms with E-state index in [-0.39, 0.29) is 27.9 Å². The van der Waals surface area contributed by atoms with E-state index < -0.39 is 17.7 Å². The number of amides is 1. The number of nitrogens with zero attached hydrogens (tertiary/aromatic N) is 2. The van der Waals surface area contributed by atoms with E-state index in [4.69, 9.17) is 27.9 Å². The van der Waals surface area contributed by atoms with Crippen LogP contribution in [0.3, 0.4) is 0 Å². The van der Waals surface area contributed by atoms with Crippen LogP contribution in [0.1, 0.15) is 28.3 Å². The lowest BCUT2D eigenvalue weighted by atomic mass is 9.95. The quantitative estimate of drug-likeness (QED) is 0.191. The minimum atomic E-state index is -0.951. The number of imidazole rings is 1. The van der Waals surface area contributed by atoms with Crippen LogP contribution in [-0.2, 0) is 9.59 Å². The van der Waals surface area contributed by atoms with Gasteiger partial charge in [0, 0.05) is 5.56 Å². The molecule has 1 aliphatic rings. The number of methoxy groups -OCH3 is 1. The van der Waals surface area contributed by atoms with E-state index in [9.17, 15) is 14.7 Å². The van der Waals surface area contributed by atoms with Gasteiger partial charge < -0.3 is 14.8 Å². The van der Waals surface area contributed by atoms with Crippen molar-refractivity contribution in [1.29, 1.82) is 0 Å². The lowest BCUT2D eigenvalue weighted by Gasteiger charge is -2.23. The maximum Gasteiger partial charge on any atom is 0.302 e. The maximum atomic E-state index is 13.4. The Hall–Kier alpha value is -3.81. The summed E-state index contributed by atoms with van der Waals surface area (Å²) in [6.07, 6.45) is 0. The number of nitrogens with one attached hydrogen (secondary N) is 1. The van der Waals surface area contributed by atoms with Gasteiger partial charge >= 0.3 is 5.91 Å². The van der Waals surface area contributed by atoms with E-state index >= 15 is 0 Å². The van der Waals surface area contributed by atoms with E-state index in [0.29, 0.717) is 21.9 Å². The Morgan fingerprint density at radius 2 is 1.69 bits per heavy atom. The molecule has 4 aromatic rings. The number of ketones is 1. The van der Waals surface area contributed by atoms with Gasteiger partial charge in [-0.3, -0.25) is 14.5 Å². The zero-order valence-electron chi connectivity index (χ0n) is 19.6. The fourth-order valence-corrected chi connectivity index (χ4v) is 4.62. The minimum Gasteiger partial charge on any atom is -0.507 e. The zero-order valence-corrected chi connectivity index (χ0v) is 21.1. The molecule has 1 atom stereocenters. The molecule has 1 amide bonds. The Morgan fingerprint density at radius 1 is 1.00 bits per heavy atom. The third-order valence-electron chi connectivity index (χ3n) is 6.38. The number of Topliss-reactive ketones (excluding diaryl/α,β-unsaturated/α-hetero) is 1. The van der Waals surface area contributed by atoms with Crippen LogP contribution in [0.5, 0.6) is 5.75 Å². The van der Waals surface area contributed by atoms with Crippen LogP contribution < -0.4 is 9.64 Å². The second-order valence-electron chi connectivity index (χ2n) is 8.59. The number of hydrogen-bond acceptors (Lipinski definition) is 5. The summed E-state index contributed by atoms with van der Waals surface area (Å²) in [6.45, 7) is 3.96. The SMILES string of the molecule is COc1ccc(C2/C(=C(\O)c3ccc(Cl)c(Cl)c3)C(=O)C(=O)N2c2nc3cc(C)c(C)cc3[nH]2)cc1. The molecule has 1 aromatic heterocycles. The number of anilines is 1. The van der Waals surface area contributed by atoms with Crippen molar-refractivity contribution < 1.29 is 19.4 Å². The molecular weight excluding hydrogens is 501 g/mol. The highest BCUT2D eigenvalue weighted by Gasteiger charge is 2.48. The molecule has 1 saturated heterocycles. The first-order valence-electron chi connectivity index (χ1n) is 11.1. The normalized spacial score (nSPS) is 17.2. The first-order chi connectivity index (χ1) is 17.2. The third-order valence-corrected chi connectivity index (χ3v) is 7.12. The molecule has 36 heavy (non-hydrogen) atoms. The number of ether oxygens (including phenoxy) is 1. The number of carbonyl (C=O) groups is 2. The van der Waals surface area contributed by atoms with Gasteiger partial charge in [-0.2, -0.15) is 0 Å². The van der Waals surface area contributed by atoms with Crippen molar-refractivity contribution in [3.05, 3.63) is 92.5 Å². The fourth-order valence-electron chi connectivity index (χ4n) is 4.32. The van der Waals surface area contributed by atoms with Crippen molar-refractivity contribution in [3.63, 3.8) is 0 Å². The van der Waals surface area contributed by atoms with Crippen LogP contribution in [0.25, 0.3) is 16.8 Å². The van der Waals surface area contributed by atoms with Crippen molar-refractivity contribution in [1.82, 2.24) is 9.97 Å². The van der Waals surface area contributed by atoms with E-state index in [1.807, 2.05) is 26.0 Å². The Balaban J connectivity index is 1.73. The Bertz CT molecular complexity index is 1540. The van der Waals surface area contributed by atoms with Crippen LogP contribution in [0.15, 0.2) is 60.2 Å². The molecule has 0 radical (unpaired) electrons. The summed E-state index contributed by atoms with van der Waals surface area (Å²) in [5, 5.41) is 11.8. The van der Waals surface area contributed by atoms with E-state index in [1.54, 1.807) is 31.4 Å². The second-order valence-corrected chi connectivity index (χ2v) is 9.40. The molecule has 0 aliphatic carbocycles. The number of fused-ring (bicyclic) bond motifs is 1. The van der Waals surface area contributed by atoms with Gasteiger partial charge in [0.25, 0.3) is 5.78 Å². The van der Waals surface area contributed by atoms with Gasteiger partial charge in [-0.1, -0.05) is 35.3 Å². The third kappa shape index (κ3) is 3.90. The smallest absolute Gasteiger partial charge is 0.302 e. The Morgan fingerprint density at radius 3 is 2.36 bits per heavy atom. The van der Waals surface area contributed by atoms with Gasteiger partial charge in [-0.15, -0.1) is 0 Å². The van der Waals surface area contributed by atoms with Crippen molar-refractivity contribution in [3.8, 4) is 5.75 Å². The number of aliphatic hydroxyl groups is 1. The molecule has 2 heterocycles. The molecular formula is C27H21Cl2N3O4. The van der Waals surface area contributed by atoms with Gasteiger partial charge in [0.2, 0.25) is 5.95 Å². The Labute approximate surface area is 216 Å². The average molecular weight is 522 g/mol. The summed E-state index contributed by atoms with van der Waals surface area (Å²) in [5.41, 5.74) is 4.26. The number of benzene rings is 3. The van der Waals surface area contributed by atoms with Crippen molar-refractivity contribution in [2.45, 2.75) is 19.9 Å². The molecule has 7 nitrogen and oxygen atoms in total. The molecule has 0 spiro atoms. The number of halogens is 2. The number of hydrogen-bond donors (Lipinski definition) is 2. The summed E-state index contributed by atoms with van der Waals surface area (Å²) in [4.78, 5) is 35.8. The largest absolute Gasteiger partial charge is 0.507 e. The number of rotatable bonds is 4. The molecule has 182 valence electrons. The number of aliphatic hydroxyl groups excluding tert-OH is 1. The molecule has 1 fully saturated rings. The number of carbonyl (C=O) groups excluding carboxylic acids is 2. The van der Waals surface area contributed by atoms with Gasteiger partial charge in [0.15, 0.2) is 0 Å². The highest BCUT2D eigenvalue weighted by atomic mass is 35.5. The van der Waals surface area contributed by atoms with Crippen molar-refractivity contribution in [2.75, 3.05) is 12.0 Å². The highest BCUT2D eigenvalue weighted by Crippen LogP contribution is 2.42. The van der Waals surface area contributed by atoms with Crippen LogP contribution in [-0.4, -0.2) is 33.9 Å². The topological polar surface area (TPSA) is 95.5 Å². The van der Waals surface area contributed by atoms with Gasteiger partial charge in [-0.05, 0) is 73.0 Å². The molecule has 0 saturated carbocycles. The van der Waals surface area contributed by atoms with E-state index in [0.717, 1.165) is 16.6 Å². The van der Waals surface area contributed by atoms with Crippen LogP contribution in [0.4, 0.5) is 5.95 Å². The van der Waals surface area contributed by atoms with Crippen LogP contribution in [0.2, 0.25) is 10.0 Å². The molecule has 0 bridgehead atoms. The van der Waals surface area contributed by atoms with Gasteiger partial charge in [0.1, 0.15) is 11.5 Å². The van der Waals surface area contributed by atoms with Crippen LogP contribution >= 0.6 is 23.2 Å². The summed E-state index contributed by atoms with van der Waals surface area (Å²) < 4.78 is 5.26. The monoisotopic (exact) mass is 521 g/mol. The molecule has 1 unspecified atom stereocenters. The maximum absolute atomic E-state index is 13.4. The molecule has 9 heteroatoms. The summed E-state index contributed by atoms with van der Waals surface area (Å²) in [5.74, 6) is -1.21. The van der Waals surface area contributed by atoms with E-state index in [2.05, 4.69) is 9.97 Å². The molecule has 5 rings (SSSR count). The Kier molecular flexibility index (Phi) is 5.98. The predicted octanol–water partition coefficient (Wildman–Crippen LogP) is 6.12. The van der Waals surface area contributed by atoms with Gasteiger partial charge in [-0.25, -0.2) is 4.98 Å². The molecule has 1 aliphatic heterocycles. The number of aryl methyl sites for hydroxylation is 2. The minimum absolute atomic E-state index is 0.0867. The average Bonchev–Trinajstić information content (AvgIpc) is 3.38. The molecule has 2 N–H and O–H groups in total. The first-order valence-corrected chi connectivity index (χ1v) is 11.8. The van der Waals surface area contributed by atoms with Gasteiger partial charge in [0.05, 0.1) is 39.8 Å². The lowest BCUT2D eigenvalue weighted by molar-refractivity contribution is -0.132. The zero-order chi connectivity index (χ0) is 25.7. The number of H-pyrrole nitrogens is 1. The first kappa shape index (κ1) is 23.9. The number of aromatic amines is 1. The second kappa shape index (κ2) is 9.00. The summed E-state index contributed by atoms with van der Waals surface area (Å²) >= 11 is 12.2. The standard InChI is InChI=1S/C27H21Cl2N3O4/c1-13-10-20-21(11-14(13)2)31-27(30-20)32-23(15-4-7-17(36-3)8-5-15)22(25(34)26(32)35)24(33)16-6-9-18(28)19(29)12-16/h4-12,23,33H,1-3H3,(H,30,31)/b24-22+. The van der Waals surface area contributed by atoms with E-state index in [1.165, 1.54) is 23.1 Å². The van der Waals surface area contributed by atoms with Crippen molar-refractivity contribution >= 4 is 57.6 Å². The van der Waals surface area contributed by atoms with Crippen molar-refractivity contribution in [2.24, 2.45) is 0 Å². The van der Waals surface area contributed by atoms with Crippen LogP contribution in [0, 0.1) is 13.8 Å². The molecule has 3 aromatic carbocycles.